The lowest BCUT2D eigenvalue weighted by atomic mass is 10.2. The third-order valence-corrected chi connectivity index (χ3v) is 4.33. The van der Waals surface area contributed by atoms with Crippen LogP contribution in [0, 0.1) is 6.92 Å². The molecular weight excluding hydrogens is 493 g/mol. The Morgan fingerprint density at radius 1 is 1.00 bits per heavy atom. The van der Waals surface area contributed by atoms with E-state index in [1.165, 1.54) is 5.56 Å². The number of nitrogens with one attached hydrogen (secondary N) is 2. The van der Waals surface area contributed by atoms with E-state index in [9.17, 15) is 0 Å². The van der Waals surface area contributed by atoms with Crippen LogP contribution in [0.3, 0.4) is 0 Å². The second-order valence-electron chi connectivity index (χ2n) is 6.46. The minimum absolute atomic E-state index is 0. The molecule has 0 bridgehead atoms. The highest BCUT2D eigenvalue weighted by molar-refractivity contribution is 14.0. The molecular formula is C22H28IN5O2. The van der Waals surface area contributed by atoms with Crippen molar-refractivity contribution in [2.75, 3.05) is 27.3 Å². The summed E-state index contributed by atoms with van der Waals surface area (Å²) in [4.78, 5) is 4.23. The molecule has 0 fully saturated rings. The largest absolute Gasteiger partial charge is 0.497 e. The Bertz CT molecular complexity index is 923. The van der Waals surface area contributed by atoms with Crippen LogP contribution >= 0.6 is 24.0 Å². The van der Waals surface area contributed by atoms with Crippen molar-refractivity contribution in [1.29, 1.82) is 0 Å². The van der Waals surface area contributed by atoms with Crippen molar-refractivity contribution >= 4 is 29.9 Å². The van der Waals surface area contributed by atoms with Crippen LogP contribution in [0.5, 0.6) is 11.5 Å². The SMILES string of the molecule is CN=C(NCCOc1ccc(C)cc1)NCc1ccn(-c2ccc(OC)cc2)n1.I. The molecule has 0 saturated carbocycles. The molecule has 30 heavy (non-hydrogen) atoms. The average molecular weight is 521 g/mol. The molecule has 160 valence electrons. The van der Waals surface area contributed by atoms with E-state index in [0.717, 1.165) is 22.9 Å². The van der Waals surface area contributed by atoms with Crippen LogP contribution in [0.15, 0.2) is 65.8 Å². The molecule has 1 heterocycles. The lowest BCUT2D eigenvalue weighted by Gasteiger charge is -2.12. The zero-order valence-corrected chi connectivity index (χ0v) is 19.8. The van der Waals surface area contributed by atoms with Gasteiger partial charge >= 0.3 is 0 Å². The number of methoxy groups -OCH3 is 1. The minimum atomic E-state index is 0. The summed E-state index contributed by atoms with van der Waals surface area (Å²) in [5, 5.41) is 11.1. The Morgan fingerprint density at radius 2 is 1.70 bits per heavy atom. The molecule has 1 aromatic heterocycles. The third kappa shape index (κ3) is 6.94. The predicted octanol–water partition coefficient (Wildman–Crippen LogP) is 3.55. The Morgan fingerprint density at radius 3 is 2.37 bits per heavy atom. The molecule has 0 radical (unpaired) electrons. The molecule has 3 rings (SSSR count). The van der Waals surface area contributed by atoms with Gasteiger partial charge in [-0.1, -0.05) is 17.7 Å². The van der Waals surface area contributed by atoms with Gasteiger partial charge in [0.2, 0.25) is 0 Å². The highest BCUT2D eigenvalue weighted by atomic mass is 127. The molecule has 8 heteroatoms. The smallest absolute Gasteiger partial charge is 0.191 e. The van der Waals surface area contributed by atoms with E-state index in [1.54, 1.807) is 14.2 Å². The molecule has 0 aliphatic rings. The van der Waals surface area contributed by atoms with Crippen LogP contribution in [0.2, 0.25) is 0 Å². The highest BCUT2D eigenvalue weighted by Crippen LogP contribution is 2.14. The summed E-state index contributed by atoms with van der Waals surface area (Å²) in [5.41, 5.74) is 3.11. The first-order chi connectivity index (χ1) is 14.2. The summed E-state index contributed by atoms with van der Waals surface area (Å²) in [6.07, 6.45) is 1.93. The first-order valence-electron chi connectivity index (χ1n) is 9.51. The van der Waals surface area contributed by atoms with E-state index in [4.69, 9.17) is 9.47 Å². The fourth-order valence-corrected chi connectivity index (χ4v) is 2.70. The number of hydrogen-bond acceptors (Lipinski definition) is 4. The molecule has 0 unspecified atom stereocenters. The van der Waals surface area contributed by atoms with Crippen molar-refractivity contribution in [2.45, 2.75) is 13.5 Å². The number of aromatic nitrogens is 2. The number of benzene rings is 2. The number of hydrogen-bond donors (Lipinski definition) is 2. The first kappa shape index (κ1) is 23.5. The molecule has 0 amide bonds. The van der Waals surface area contributed by atoms with Gasteiger partial charge in [-0.3, -0.25) is 4.99 Å². The fraction of sp³-hybridized carbons (Fsp3) is 0.273. The number of ether oxygens (including phenoxy) is 2. The Balaban J connectivity index is 0.00000320. The normalized spacial score (nSPS) is 10.8. The van der Waals surface area contributed by atoms with Crippen LogP contribution in [0.1, 0.15) is 11.3 Å². The summed E-state index contributed by atoms with van der Waals surface area (Å²) in [5.74, 6) is 2.39. The third-order valence-electron chi connectivity index (χ3n) is 4.33. The van der Waals surface area contributed by atoms with Crippen LogP contribution in [-0.4, -0.2) is 43.0 Å². The molecule has 3 aromatic rings. The fourth-order valence-electron chi connectivity index (χ4n) is 2.70. The number of guanidine groups is 1. The van der Waals surface area contributed by atoms with Gasteiger partial charge in [-0.25, -0.2) is 4.68 Å². The number of nitrogens with zero attached hydrogens (tertiary/aromatic N) is 3. The van der Waals surface area contributed by atoms with Gasteiger partial charge in [0.1, 0.15) is 18.1 Å². The highest BCUT2D eigenvalue weighted by Gasteiger charge is 2.04. The maximum absolute atomic E-state index is 5.72. The summed E-state index contributed by atoms with van der Waals surface area (Å²) in [6.45, 7) is 3.83. The van der Waals surface area contributed by atoms with Crippen molar-refractivity contribution in [3.8, 4) is 17.2 Å². The maximum Gasteiger partial charge on any atom is 0.191 e. The summed E-state index contributed by atoms with van der Waals surface area (Å²) >= 11 is 0. The monoisotopic (exact) mass is 521 g/mol. The maximum atomic E-state index is 5.72. The average Bonchev–Trinajstić information content (AvgIpc) is 3.23. The number of aliphatic imine (C=N–C) groups is 1. The second kappa shape index (κ2) is 12.1. The van der Waals surface area contributed by atoms with E-state index in [-0.39, 0.29) is 24.0 Å². The lowest BCUT2D eigenvalue weighted by molar-refractivity contribution is 0.322. The van der Waals surface area contributed by atoms with E-state index < -0.39 is 0 Å². The zero-order valence-electron chi connectivity index (χ0n) is 17.5. The first-order valence-corrected chi connectivity index (χ1v) is 9.51. The molecule has 2 aromatic carbocycles. The van der Waals surface area contributed by atoms with Gasteiger partial charge in [0.15, 0.2) is 5.96 Å². The summed E-state index contributed by atoms with van der Waals surface area (Å²) in [6, 6.07) is 17.8. The number of aryl methyl sites for hydroxylation is 1. The van der Waals surface area contributed by atoms with Crippen LogP contribution in [-0.2, 0) is 6.54 Å². The number of halogens is 1. The zero-order chi connectivity index (χ0) is 20.5. The van der Waals surface area contributed by atoms with Crippen molar-refractivity contribution in [3.63, 3.8) is 0 Å². The lowest BCUT2D eigenvalue weighted by Crippen LogP contribution is -2.39. The molecule has 2 N–H and O–H groups in total. The van der Waals surface area contributed by atoms with Crippen LogP contribution in [0.4, 0.5) is 0 Å². The van der Waals surface area contributed by atoms with Gasteiger partial charge in [-0.15, -0.1) is 24.0 Å². The summed E-state index contributed by atoms with van der Waals surface area (Å²) in [7, 11) is 3.40. The van der Waals surface area contributed by atoms with Crippen LogP contribution in [0.25, 0.3) is 5.69 Å². The predicted molar refractivity (Wildman–Crippen MR) is 130 cm³/mol. The second-order valence-corrected chi connectivity index (χ2v) is 6.46. The van der Waals surface area contributed by atoms with Gasteiger partial charge in [0, 0.05) is 13.2 Å². The van der Waals surface area contributed by atoms with Gasteiger partial charge < -0.3 is 20.1 Å². The topological polar surface area (TPSA) is 72.7 Å². The number of rotatable bonds is 8. The molecule has 0 aliphatic carbocycles. The molecule has 0 saturated heterocycles. The van der Waals surface area contributed by atoms with Gasteiger partial charge in [-0.2, -0.15) is 5.10 Å². The molecule has 0 atom stereocenters. The van der Waals surface area contributed by atoms with Crippen molar-refractivity contribution < 1.29 is 9.47 Å². The van der Waals surface area contributed by atoms with Gasteiger partial charge in [0.05, 0.1) is 31.6 Å². The Kier molecular flexibility index (Phi) is 9.46. The van der Waals surface area contributed by atoms with Crippen LogP contribution < -0.4 is 20.1 Å². The standard InChI is InChI=1S/C22H27N5O2.HI/c1-17-4-8-21(9-5-17)29-15-13-24-22(23-2)25-16-18-12-14-27(26-18)19-6-10-20(28-3)11-7-19;/h4-12,14H,13,15-16H2,1-3H3,(H2,23,24,25);1H. The van der Waals surface area contributed by atoms with Gasteiger partial charge in [-0.05, 0) is 49.4 Å². The van der Waals surface area contributed by atoms with Crippen molar-refractivity contribution in [1.82, 2.24) is 20.4 Å². The van der Waals surface area contributed by atoms with E-state index in [1.807, 2.05) is 65.5 Å². The van der Waals surface area contributed by atoms with Crippen molar-refractivity contribution in [2.24, 2.45) is 4.99 Å². The van der Waals surface area contributed by atoms with E-state index in [0.29, 0.717) is 25.7 Å². The minimum Gasteiger partial charge on any atom is -0.497 e. The van der Waals surface area contributed by atoms with E-state index in [2.05, 4.69) is 27.6 Å². The Hall–Kier alpha value is -2.75. The van der Waals surface area contributed by atoms with Crippen molar-refractivity contribution in [3.05, 3.63) is 72.1 Å². The van der Waals surface area contributed by atoms with Gasteiger partial charge in [0.25, 0.3) is 0 Å². The quantitative estimate of drug-likeness (QED) is 0.205. The molecule has 7 nitrogen and oxygen atoms in total. The molecule has 0 aliphatic heterocycles. The molecule has 0 spiro atoms. The summed E-state index contributed by atoms with van der Waals surface area (Å²) < 4.78 is 12.7. The van der Waals surface area contributed by atoms with E-state index >= 15 is 0 Å². The Labute approximate surface area is 194 Å².